The summed E-state index contributed by atoms with van der Waals surface area (Å²) in [7, 11) is 0. The number of ether oxygens (including phenoxy) is 3. The predicted molar refractivity (Wildman–Crippen MR) is 147 cm³/mol. The highest BCUT2D eigenvalue weighted by Gasteiger charge is 1.91. The van der Waals surface area contributed by atoms with Gasteiger partial charge in [-0.05, 0) is 51.4 Å². The Balaban J connectivity index is 0. The van der Waals surface area contributed by atoms with Gasteiger partial charge in [-0.25, -0.2) is 0 Å². The van der Waals surface area contributed by atoms with Gasteiger partial charge in [-0.2, -0.15) is 0 Å². The highest BCUT2D eigenvalue weighted by atomic mass is 16.7. The number of rotatable bonds is 25. The third-order valence-electron chi connectivity index (χ3n) is 5.40. The number of unbranched alkanes of at least 4 members (excludes halogenated alkanes) is 13. The van der Waals surface area contributed by atoms with Crippen molar-refractivity contribution in [2.45, 2.75) is 143 Å². The maximum Gasteiger partial charge on any atom is 0.149 e. The van der Waals surface area contributed by atoms with Crippen LogP contribution in [0.4, 0.5) is 0 Å². The van der Waals surface area contributed by atoms with Crippen LogP contribution in [-0.2, 0) is 14.2 Å². The first kappa shape index (κ1) is 34.5. The lowest BCUT2D eigenvalue weighted by molar-refractivity contribution is -0.131. The van der Waals surface area contributed by atoms with E-state index in [9.17, 15) is 0 Å². The Morgan fingerprint density at radius 3 is 1.27 bits per heavy atom. The third kappa shape index (κ3) is 38.9. The van der Waals surface area contributed by atoms with Crippen LogP contribution in [0.5, 0.6) is 0 Å². The molecular weight excluding hydrogens is 408 g/mol. The van der Waals surface area contributed by atoms with Crippen LogP contribution in [0.3, 0.4) is 0 Å². The molecule has 0 aliphatic heterocycles. The van der Waals surface area contributed by atoms with E-state index in [-0.39, 0.29) is 0 Å². The Morgan fingerprint density at radius 1 is 0.394 bits per heavy atom. The maximum absolute atomic E-state index is 5.26. The van der Waals surface area contributed by atoms with Crippen molar-refractivity contribution >= 4 is 0 Å². The number of hydrogen-bond donors (Lipinski definition) is 0. The molecule has 0 aliphatic rings. The quantitative estimate of drug-likeness (QED) is 0.0757. The summed E-state index contributed by atoms with van der Waals surface area (Å²) in [6.45, 7) is 11.1. The van der Waals surface area contributed by atoms with E-state index in [4.69, 9.17) is 14.2 Å². The van der Waals surface area contributed by atoms with E-state index in [0.717, 1.165) is 26.1 Å². The lowest BCUT2D eigenvalue weighted by Crippen LogP contribution is -2.06. The highest BCUT2D eigenvalue weighted by molar-refractivity contribution is 4.81. The zero-order valence-electron chi connectivity index (χ0n) is 23.1. The van der Waals surface area contributed by atoms with Gasteiger partial charge < -0.3 is 14.2 Å². The van der Waals surface area contributed by atoms with Crippen LogP contribution in [0, 0.1) is 0 Å². The largest absolute Gasteiger partial charge is 0.355 e. The van der Waals surface area contributed by atoms with Gasteiger partial charge in [-0.15, -0.1) is 0 Å². The van der Waals surface area contributed by atoms with Crippen LogP contribution in [-0.4, -0.2) is 26.8 Å². The van der Waals surface area contributed by atoms with Crippen LogP contribution >= 0.6 is 0 Å². The summed E-state index contributed by atoms with van der Waals surface area (Å²) in [5.41, 5.74) is 0. The van der Waals surface area contributed by atoms with Gasteiger partial charge in [-0.3, -0.25) is 0 Å². The van der Waals surface area contributed by atoms with Crippen molar-refractivity contribution < 1.29 is 14.2 Å². The van der Waals surface area contributed by atoms with Crippen molar-refractivity contribution in [3.05, 3.63) is 24.3 Å². The van der Waals surface area contributed by atoms with E-state index < -0.39 is 0 Å². The molecule has 0 aromatic rings. The first-order valence-electron chi connectivity index (χ1n) is 14.4. The molecule has 0 aromatic heterocycles. The van der Waals surface area contributed by atoms with Crippen LogP contribution in [0.15, 0.2) is 24.3 Å². The fraction of sp³-hybridized carbons (Fsp3) is 0.867. The van der Waals surface area contributed by atoms with E-state index in [2.05, 4.69) is 52.0 Å². The molecule has 0 radical (unpaired) electrons. The summed E-state index contributed by atoms with van der Waals surface area (Å²) in [6, 6.07) is 0. The zero-order chi connectivity index (χ0) is 24.5. The number of allylic oxidation sites excluding steroid dienone is 4. The summed E-state index contributed by atoms with van der Waals surface area (Å²) in [5, 5.41) is 0. The number of hydrogen-bond acceptors (Lipinski definition) is 3. The SMILES string of the molecule is CC/C=C/CCCCCCCC/C=C/CCCC.CCCCCOCOCOCCCCC. The maximum atomic E-state index is 5.26. The fourth-order valence-electron chi connectivity index (χ4n) is 3.25. The third-order valence-corrected chi connectivity index (χ3v) is 5.40. The molecule has 3 heteroatoms. The van der Waals surface area contributed by atoms with Crippen LogP contribution in [0.1, 0.15) is 143 Å². The summed E-state index contributed by atoms with van der Waals surface area (Å²) in [5.74, 6) is 0. The smallest absolute Gasteiger partial charge is 0.149 e. The minimum Gasteiger partial charge on any atom is -0.355 e. The molecule has 3 nitrogen and oxygen atoms in total. The molecule has 198 valence electrons. The highest BCUT2D eigenvalue weighted by Crippen LogP contribution is 2.09. The van der Waals surface area contributed by atoms with Crippen molar-refractivity contribution in [1.82, 2.24) is 0 Å². The van der Waals surface area contributed by atoms with Crippen molar-refractivity contribution in [3.63, 3.8) is 0 Å². The molecule has 0 fully saturated rings. The van der Waals surface area contributed by atoms with Gasteiger partial charge >= 0.3 is 0 Å². The lowest BCUT2D eigenvalue weighted by atomic mass is 10.1. The van der Waals surface area contributed by atoms with Crippen LogP contribution in [0.2, 0.25) is 0 Å². The molecule has 0 heterocycles. The lowest BCUT2D eigenvalue weighted by Gasteiger charge is -2.06. The molecule has 0 aromatic carbocycles. The standard InChI is InChI=1S/C18H34.C12H26O3/c1-3-5-7-9-11-13-15-17-18-16-14-12-10-8-6-4-2;1-3-5-7-9-13-11-15-12-14-10-8-6-4-2/h5,7,10,12H,3-4,6,8-9,11,13-18H2,1-2H3;3-12H2,1-2H3/b7-5+,12-10+;. The Hall–Kier alpha value is -0.640. The van der Waals surface area contributed by atoms with Gasteiger partial charge in [0.05, 0.1) is 0 Å². The van der Waals surface area contributed by atoms with Crippen LogP contribution < -0.4 is 0 Å². The van der Waals surface area contributed by atoms with Gasteiger partial charge in [0, 0.05) is 13.2 Å². The van der Waals surface area contributed by atoms with Gasteiger partial charge in [0.25, 0.3) is 0 Å². The van der Waals surface area contributed by atoms with E-state index in [1.165, 1.54) is 103 Å². The molecule has 0 unspecified atom stereocenters. The summed E-state index contributed by atoms with van der Waals surface area (Å²) in [6.07, 6.45) is 32.7. The van der Waals surface area contributed by atoms with E-state index >= 15 is 0 Å². The Labute approximate surface area is 208 Å². The van der Waals surface area contributed by atoms with E-state index in [1.54, 1.807) is 0 Å². The summed E-state index contributed by atoms with van der Waals surface area (Å²) >= 11 is 0. The average molecular weight is 469 g/mol. The van der Waals surface area contributed by atoms with Crippen molar-refractivity contribution in [2.24, 2.45) is 0 Å². The second kappa shape index (κ2) is 35.9. The van der Waals surface area contributed by atoms with Gasteiger partial charge in [0.15, 0.2) is 0 Å². The summed E-state index contributed by atoms with van der Waals surface area (Å²) in [4.78, 5) is 0. The van der Waals surface area contributed by atoms with Crippen molar-refractivity contribution in [2.75, 3.05) is 26.8 Å². The molecule has 0 atom stereocenters. The molecule has 0 saturated heterocycles. The first-order valence-corrected chi connectivity index (χ1v) is 14.4. The Morgan fingerprint density at radius 2 is 0.818 bits per heavy atom. The van der Waals surface area contributed by atoms with Gasteiger partial charge in [0.1, 0.15) is 13.6 Å². The van der Waals surface area contributed by atoms with E-state index in [0.29, 0.717) is 13.6 Å². The second-order valence-electron chi connectivity index (χ2n) is 8.86. The normalized spacial score (nSPS) is 11.4. The Kier molecular flexibility index (Phi) is 37.6. The molecule has 0 amide bonds. The molecular formula is C30H60O3. The Bertz CT molecular complexity index is 354. The van der Waals surface area contributed by atoms with E-state index in [1.807, 2.05) is 0 Å². The molecule has 33 heavy (non-hydrogen) atoms. The van der Waals surface area contributed by atoms with Gasteiger partial charge in [-0.1, -0.05) is 116 Å². The molecule has 0 bridgehead atoms. The molecule has 0 rings (SSSR count). The average Bonchev–Trinajstić information content (AvgIpc) is 2.83. The zero-order valence-corrected chi connectivity index (χ0v) is 23.1. The molecule has 0 saturated carbocycles. The van der Waals surface area contributed by atoms with Crippen molar-refractivity contribution in [1.29, 1.82) is 0 Å². The minimum absolute atomic E-state index is 0.359. The monoisotopic (exact) mass is 468 g/mol. The molecule has 0 aliphatic carbocycles. The van der Waals surface area contributed by atoms with Crippen molar-refractivity contribution in [3.8, 4) is 0 Å². The second-order valence-corrected chi connectivity index (χ2v) is 8.86. The molecule has 0 spiro atoms. The summed E-state index contributed by atoms with van der Waals surface area (Å²) < 4.78 is 15.7. The molecule has 0 N–H and O–H groups in total. The van der Waals surface area contributed by atoms with Crippen LogP contribution in [0.25, 0.3) is 0 Å². The fourth-order valence-corrected chi connectivity index (χ4v) is 3.25. The van der Waals surface area contributed by atoms with Gasteiger partial charge in [0.2, 0.25) is 0 Å². The minimum atomic E-state index is 0.359. The topological polar surface area (TPSA) is 27.7 Å². The predicted octanol–water partition coefficient (Wildman–Crippen LogP) is 10.2. The first-order chi connectivity index (χ1) is 16.3.